The van der Waals surface area contributed by atoms with Crippen LogP contribution in [0.3, 0.4) is 0 Å². The van der Waals surface area contributed by atoms with E-state index < -0.39 is 0 Å². The predicted octanol–water partition coefficient (Wildman–Crippen LogP) is 6.25. The maximum absolute atomic E-state index is 6.51. The minimum absolute atomic E-state index is 0.0931. The average molecular weight is 540 g/mol. The molecule has 1 fully saturated rings. The van der Waals surface area contributed by atoms with Crippen LogP contribution < -0.4 is 29.4 Å². The van der Waals surface area contributed by atoms with Gasteiger partial charge in [-0.3, -0.25) is 0 Å². The molecule has 1 aliphatic rings. The van der Waals surface area contributed by atoms with Crippen LogP contribution in [0.1, 0.15) is 47.3 Å². The Labute approximate surface area is 229 Å². The number of rotatable bonds is 12. The molecule has 0 bridgehead atoms. The van der Waals surface area contributed by atoms with Crippen LogP contribution in [0, 0.1) is 6.92 Å². The van der Waals surface area contributed by atoms with E-state index >= 15 is 0 Å². The van der Waals surface area contributed by atoms with Crippen molar-refractivity contribution in [2.24, 2.45) is 5.73 Å². The van der Waals surface area contributed by atoms with Crippen molar-refractivity contribution in [3.8, 4) is 28.7 Å². The van der Waals surface area contributed by atoms with Gasteiger partial charge in [0.2, 0.25) is 5.75 Å². The maximum Gasteiger partial charge on any atom is 0.203 e. The maximum atomic E-state index is 6.51. The number of ether oxygens (including phenoxy) is 6. The first-order chi connectivity index (χ1) is 18.5. The highest BCUT2D eigenvalue weighted by molar-refractivity contribution is 7.99. The van der Waals surface area contributed by atoms with Crippen LogP contribution in [0.4, 0.5) is 0 Å². The summed E-state index contributed by atoms with van der Waals surface area (Å²) in [6.07, 6.45) is 1.53. The molecule has 3 aromatic rings. The number of thioether (sulfide) groups is 1. The van der Waals surface area contributed by atoms with Gasteiger partial charge in [-0.1, -0.05) is 17.7 Å². The summed E-state index contributed by atoms with van der Waals surface area (Å²) in [5, 5.41) is 0. The predicted molar refractivity (Wildman–Crippen MR) is 150 cm³/mol. The largest absolute Gasteiger partial charge is 0.493 e. The van der Waals surface area contributed by atoms with Gasteiger partial charge in [-0.25, -0.2) is 0 Å². The van der Waals surface area contributed by atoms with Crippen molar-refractivity contribution < 1.29 is 28.4 Å². The highest BCUT2D eigenvalue weighted by Crippen LogP contribution is 2.47. The fraction of sp³-hybridized carbons (Fsp3) is 0.400. The quantitative estimate of drug-likeness (QED) is 0.214. The van der Waals surface area contributed by atoms with E-state index in [0.717, 1.165) is 35.3 Å². The molecule has 1 heterocycles. The Morgan fingerprint density at radius 3 is 1.87 bits per heavy atom. The Kier molecular flexibility index (Phi) is 9.66. The highest BCUT2D eigenvalue weighted by Gasteiger charge is 2.30. The molecule has 2 N–H and O–H groups in total. The molecule has 0 spiro atoms. The van der Waals surface area contributed by atoms with E-state index in [4.69, 9.17) is 34.2 Å². The summed E-state index contributed by atoms with van der Waals surface area (Å²) in [6.45, 7) is 2.98. The Morgan fingerprint density at radius 1 is 0.789 bits per heavy atom. The zero-order valence-electron chi connectivity index (χ0n) is 22.7. The topological polar surface area (TPSA) is 81.4 Å². The van der Waals surface area contributed by atoms with E-state index in [1.54, 1.807) is 40.2 Å². The van der Waals surface area contributed by atoms with Gasteiger partial charge in [0.05, 0.1) is 47.3 Å². The van der Waals surface area contributed by atoms with Gasteiger partial charge >= 0.3 is 0 Å². The fourth-order valence-electron chi connectivity index (χ4n) is 4.69. The lowest BCUT2D eigenvalue weighted by molar-refractivity contribution is 0.0436. The molecule has 7 nitrogen and oxygen atoms in total. The van der Waals surface area contributed by atoms with Crippen LogP contribution in [-0.4, -0.2) is 40.8 Å². The number of nitrogens with two attached hydrogens (primary N) is 1. The Bertz CT molecular complexity index is 1170. The third-order valence-electron chi connectivity index (χ3n) is 6.66. The summed E-state index contributed by atoms with van der Waals surface area (Å²) in [7, 11) is 6.48. The smallest absolute Gasteiger partial charge is 0.203 e. The minimum Gasteiger partial charge on any atom is -0.493 e. The van der Waals surface area contributed by atoms with E-state index in [1.807, 2.05) is 18.2 Å². The number of hydrogen-bond acceptors (Lipinski definition) is 8. The SMILES string of the molecule is COc1cc([C@H]2CC[C@H](c3cc(OC)c(OC)c(OC)c3)O2)cc(CN)c1OCCSc1ccc(C)cc1. The van der Waals surface area contributed by atoms with Crippen molar-refractivity contribution in [3.05, 3.63) is 70.8 Å². The third kappa shape index (κ3) is 6.31. The van der Waals surface area contributed by atoms with Crippen molar-refractivity contribution >= 4 is 11.8 Å². The molecule has 0 unspecified atom stereocenters. The Hall–Kier alpha value is -3.07. The molecule has 204 valence electrons. The van der Waals surface area contributed by atoms with Gasteiger partial charge in [-0.2, -0.15) is 0 Å². The molecule has 3 aromatic carbocycles. The second-order valence-corrected chi connectivity index (χ2v) is 10.2. The van der Waals surface area contributed by atoms with Gasteiger partial charge in [-0.05, 0) is 67.3 Å². The summed E-state index contributed by atoms with van der Waals surface area (Å²) in [5.41, 5.74) is 10.3. The molecule has 0 saturated carbocycles. The van der Waals surface area contributed by atoms with Crippen LogP contribution >= 0.6 is 11.8 Å². The Balaban J connectivity index is 1.46. The number of aryl methyl sites for hydroxylation is 1. The number of methoxy groups -OCH3 is 4. The van der Waals surface area contributed by atoms with Crippen LogP contribution in [0.5, 0.6) is 28.7 Å². The van der Waals surface area contributed by atoms with Crippen molar-refractivity contribution in [1.82, 2.24) is 0 Å². The van der Waals surface area contributed by atoms with Crippen molar-refractivity contribution in [2.75, 3.05) is 40.8 Å². The lowest BCUT2D eigenvalue weighted by Gasteiger charge is -2.20. The standard InChI is InChI=1S/C30H37NO6S/c1-19-6-8-23(9-7-19)38-13-12-36-29-22(18-31)14-20(15-26(29)32-2)24-10-11-25(37-24)21-16-27(33-3)30(35-5)28(17-21)34-4/h6-9,14-17,24-25H,10-13,18,31H2,1-5H3/t24-,25-/m1/s1. The van der Waals surface area contributed by atoms with Crippen molar-refractivity contribution in [2.45, 2.75) is 43.4 Å². The van der Waals surface area contributed by atoms with Gasteiger partial charge in [0, 0.05) is 22.8 Å². The number of hydrogen-bond donors (Lipinski definition) is 1. The molecular formula is C30H37NO6S. The molecule has 0 aromatic heterocycles. The summed E-state index contributed by atoms with van der Waals surface area (Å²) >= 11 is 1.76. The monoisotopic (exact) mass is 539 g/mol. The molecule has 2 atom stereocenters. The zero-order chi connectivity index (χ0) is 27.1. The lowest BCUT2D eigenvalue weighted by Crippen LogP contribution is -2.09. The van der Waals surface area contributed by atoms with E-state index in [1.165, 1.54) is 10.5 Å². The first-order valence-corrected chi connectivity index (χ1v) is 13.7. The molecule has 0 aliphatic carbocycles. The third-order valence-corrected chi connectivity index (χ3v) is 7.64. The molecule has 38 heavy (non-hydrogen) atoms. The van der Waals surface area contributed by atoms with E-state index in [-0.39, 0.29) is 12.2 Å². The van der Waals surface area contributed by atoms with E-state index in [0.29, 0.717) is 41.9 Å². The van der Waals surface area contributed by atoms with Gasteiger partial charge < -0.3 is 34.2 Å². The second-order valence-electron chi connectivity index (χ2n) is 9.07. The molecule has 4 rings (SSSR count). The van der Waals surface area contributed by atoms with Gasteiger partial charge in [0.25, 0.3) is 0 Å². The Morgan fingerprint density at radius 2 is 1.34 bits per heavy atom. The number of benzene rings is 3. The van der Waals surface area contributed by atoms with E-state index in [2.05, 4.69) is 37.3 Å². The molecule has 1 aliphatic heterocycles. The summed E-state index contributed by atoms with van der Waals surface area (Å²) < 4.78 is 34.9. The van der Waals surface area contributed by atoms with Crippen molar-refractivity contribution in [3.63, 3.8) is 0 Å². The van der Waals surface area contributed by atoms with Crippen LogP contribution in [0.15, 0.2) is 53.4 Å². The van der Waals surface area contributed by atoms with Crippen LogP contribution in [-0.2, 0) is 11.3 Å². The van der Waals surface area contributed by atoms with Crippen LogP contribution in [0.2, 0.25) is 0 Å². The lowest BCUT2D eigenvalue weighted by atomic mass is 10.0. The van der Waals surface area contributed by atoms with Gasteiger partial charge in [0.1, 0.15) is 0 Å². The molecule has 1 saturated heterocycles. The average Bonchev–Trinajstić information content (AvgIpc) is 3.45. The molecule has 0 amide bonds. The normalized spacial score (nSPS) is 16.8. The van der Waals surface area contributed by atoms with Crippen molar-refractivity contribution in [1.29, 1.82) is 0 Å². The first-order valence-electron chi connectivity index (χ1n) is 12.7. The summed E-state index contributed by atoms with van der Waals surface area (Å²) in [5.74, 6) is 3.98. The highest BCUT2D eigenvalue weighted by atomic mass is 32.2. The summed E-state index contributed by atoms with van der Waals surface area (Å²) in [4.78, 5) is 1.22. The molecule has 0 radical (unpaired) electrons. The molecule has 8 heteroatoms. The summed E-state index contributed by atoms with van der Waals surface area (Å²) in [6, 6.07) is 16.5. The van der Waals surface area contributed by atoms with Crippen LogP contribution in [0.25, 0.3) is 0 Å². The van der Waals surface area contributed by atoms with Gasteiger partial charge in [0.15, 0.2) is 23.0 Å². The molecular weight excluding hydrogens is 502 g/mol. The minimum atomic E-state index is -0.101. The zero-order valence-corrected chi connectivity index (χ0v) is 23.6. The first kappa shape index (κ1) is 28.0. The van der Waals surface area contributed by atoms with E-state index in [9.17, 15) is 0 Å². The fourth-order valence-corrected chi connectivity index (χ4v) is 5.42. The van der Waals surface area contributed by atoms with Gasteiger partial charge in [-0.15, -0.1) is 11.8 Å². The second kappa shape index (κ2) is 13.1.